The van der Waals surface area contributed by atoms with Crippen molar-refractivity contribution in [1.29, 1.82) is 0 Å². The SMILES string of the molecule is NCCC(=O)NC1CCN(c2cccc(OC(F)(F)F)c2)C1=O. The summed E-state index contributed by atoms with van der Waals surface area (Å²) in [5, 5.41) is 2.56. The first-order valence-corrected chi connectivity index (χ1v) is 6.97. The molecular formula is C14H16F3N3O3. The van der Waals surface area contributed by atoms with E-state index >= 15 is 0 Å². The number of anilines is 1. The molecule has 1 unspecified atom stereocenters. The summed E-state index contributed by atoms with van der Waals surface area (Å²) < 4.78 is 40.6. The first kappa shape index (κ1) is 17.1. The number of nitrogens with one attached hydrogen (secondary N) is 1. The molecule has 23 heavy (non-hydrogen) atoms. The van der Waals surface area contributed by atoms with Gasteiger partial charge in [-0.3, -0.25) is 9.59 Å². The van der Waals surface area contributed by atoms with Crippen LogP contribution in [-0.2, 0) is 9.59 Å². The van der Waals surface area contributed by atoms with E-state index in [2.05, 4.69) is 10.1 Å². The molecule has 1 heterocycles. The Morgan fingerprint density at radius 2 is 2.17 bits per heavy atom. The Kier molecular flexibility index (Phi) is 5.09. The minimum atomic E-state index is -4.80. The molecular weight excluding hydrogens is 315 g/mol. The van der Waals surface area contributed by atoms with Crippen molar-refractivity contribution < 1.29 is 27.5 Å². The summed E-state index contributed by atoms with van der Waals surface area (Å²) in [4.78, 5) is 25.1. The Morgan fingerprint density at radius 3 is 2.83 bits per heavy atom. The smallest absolute Gasteiger partial charge is 0.406 e. The molecule has 1 atom stereocenters. The molecule has 3 N–H and O–H groups in total. The van der Waals surface area contributed by atoms with Crippen LogP contribution in [0.15, 0.2) is 24.3 Å². The first-order chi connectivity index (χ1) is 10.8. The van der Waals surface area contributed by atoms with Crippen LogP contribution in [0, 0.1) is 0 Å². The normalized spacial score (nSPS) is 18.2. The molecule has 0 saturated carbocycles. The number of benzene rings is 1. The lowest BCUT2D eigenvalue weighted by Crippen LogP contribution is -2.42. The lowest BCUT2D eigenvalue weighted by atomic mass is 10.2. The van der Waals surface area contributed by atoms with Crippen molar-refractivity contribution in [2.24, 2.45) is 5.73 Å². The van der Waals surface area contributed by atoms with Gasteiger partial charge in [-0.15, -0.1) is 13.2 Å². The Labute approximate surface area is 130 Å². The second-order valence-corrected chi connectivity index (χ2v) is 4.98. The van der Waals surface area contributed by atoms with Crippen molar-refractivity contribution >= 4 is 17.5 Å². The van der Waals surface area contributed by atoms with E-state index in [1.165, 1.54) is 17.0 Å². The Hall–Kier alpha value is -2.29. The third-order valence-corrected chi connectivity index (χ3v) is 3.27. The number of amides is 2. The van der Waals surface area contributed by atoms with Gasteiger partial charge in [0.15, 0.2) is 0 Å². The summed E-state index contributed by atoms with van der Waals surface area (Å²) in [6.45, 7) is 0.467. The Balaban J connectivity index is 2.07. The van der Waals surface area contributed by atoms with Crippen molar-refractivity contribution in [3.05, 3.63) is 24.3 Å². The lowest BCUT2D eigenvalue weighted by molar-refractivity contribution is -0.274. The molecule has 2 amide bonds. The fourth-order valence-corrected chi connectivity index (χ4v) is 2.32. The molecule has 1 fully saturated rings. The van der Waals surface area contributed by atoms with E-state index < -0.39 is 18.2 Å². The average molecular weight is 331 g/mol. The molecule has 1 aromatic rings. The van der Waals surface area contributed by atoms with Crippen LogP contribution >= 0.6 is 0 Å². The highest BCUT2D eigenvalue weighted by atomic mass is 19.4. The standard InChI is InChI=1S/C14H16F3N3O3/c15-14(16,17)23-10-3-1-2-9(8-10)20-7-5-11(13(20)22)19-12(21)4-6-18/h1-3,8,11H,4-7,18H2,(H,19,21). The number of alkyl halides is 3. The Bertz CT molecular complexity index is 592. The largest absolute Gasteiger partial charge is 0.573 e. The van der Waals surface area contributed by atoms with E-state index in [-0.39, 0.29) is 30.5 Å². The molecule has 1 aromatic carbocycles. The van der Waals surface area contributed by atoms with Gasteiger partial charge in [0.25, 0.3) is 0 Å². The third-order valence-electron chi connectivity index (χ3n) is 3.27. The van der Waals surface area contributed by atoms with E-state index in [9.17, 15) is 22.8 Å². The Morgan fingerprint density at radius 1 is 1.43 bits per heavy atom. The summed E-state index contributed by atoms with van der Waals surface area (Å²) in [6.07, 6.45) is -4.31. The highest BCUT2D eigenvalue weighted by molar-refractivity contribution is 6.01. The van der Waals surface area contributed by atoms with Gasteiger partial charge in [0.05, 0.1) is 0 Å². The number of nitrogens with two attached hydrogens (primary N) is 1. The van der Waals surface area contributed by atoms with E-state index in [0.29, 0.717) is 13.0 Å². The van der Waals surface area contributed by atoms with Crippen molar-refractivity contribution in [1.82, 2.24) is 5.32 Å². The maximum Gasteiger partial charge on any atom is 0.573 e. The van der Waals surface area contributed by atoms with Gasteiger partial charge in [-0.25, -0.2) is 0 Å². The minimum absolute atomic E-state index is 0.110. The molecule has 0 aromatic heterocycles. The maximum absolute atomic E-state index is 12.3. The summed E-state index contributed by atoms with van der Waals surface area (Å²) in [5.74, 6) is -1.11. The molecule has 2 rings (SSSR count). The molecule has 126 valence electrons. The maximum atomic E-state index is 12.3. The summed E-state index contributed by atoms with van der Waals surface area (Å²) in [7, 11) is 0. The highest BCUT2D eigenvalue weighted by Gasteiger charge is 2.34. The second kappa shape index (κ2) is 6.86. The molecule has 9 heteroatoms. The molecule has 0 radical (unpaired) electrons. The van der Waals surface area contributed by atoms with Crippen LogP contribution in [0.2, 0.25) is 0 Å². The zero-order valence-corrected chi connectivity index (χ0v) is 12.1. The zero-order chi connectivity index (χ0) is 17.0. The van der Waals surface area contributed by atoms with E-state index in [1.807, 2.05) is 0 Å². The van der Waals surface area contributed by atoms with Gasteiger partial charge in [-0.05, 0) is 18.6 Å². The molecule has 0 aliphatic carbocycles. The topological polar surface area (TPSA) is 84.7 Å². The predicted molar refractivity (Wildman–Crippen MR) is 75.7 cm³/mol. The molecule has 1 aliphatic rings. The van der Waals surface area contributed by atoms with Crippen LogP contribution < -0.4 is 20.7 Å². The molecule has 1 saturated heterocycles. The molecule has 6 nitrogen and oxygen atoms in total. The van der Waals surface area contributed by atoms with Crippen molar-refractivity contribution in [3.8, 4) is 5.75 Å². The summed E-state index contributed by atoms with van der Waals surface area (Å²) >= 11 is 0. The van der Waals surface area contributed by atoms with Gasteiger partial charge in [0, 0.05) is 31.3 Å². The second-order valence-electron chi connectivity index (χ2n) is 4.98. The zero-order valence-electron chi connectivity index (χ0n) is 12.1. The van der Waals surface area contributed by atoms with E-state index in [4.69, 9.17) is 5.73 Å². The van der Waals surface area contributed by atoms with Gasteiger partial charge in [-0.1, -0.05) is 6.07 Å². The number of halogens is 3. The number of hydrogen-bond donors (Lipinski definition) is 2. The number of nitrogens with zero attached hydrogens (tertiary/aromatic N) is 1. The number of hydrogen-bond acceptors (Lipinski definition) is 4. The molecule has 0 spiro atoms. The van der Waals surface area contributed by atoms with Crippen molar-refractivity contribution in [2.75, 3.05) is 18.0 Å². The summed E-state index contributed by atoms with van der Waals surface area (Å²) in [6, 6.07) is 4.46. The number of rotatable bonds is 5. The van der Waals surface area contributed by atoms with Crippen LogP contribution in [0.4, 0.5) is 18.9 Å². The van der Waals surface area contributed by atoms with Gasteiger partial charge in [-0.2, -0.15) is 0 Å². The van der Waals surface area contributed by atoms with E-state index in [0.717, 1.165) is 12.1 Å². The molecule has 1 aliphatic heterocycles. The number of carbonyl (C=O) groups is 2. The van der Waals surface area contributed by atoms with Gasteiger partial charge in [0.2, 0.25) is 11.8 Å². The fourth-order valence-electron chi connectivity index (χ4n) is 2.32. The van der Waals surface area contributed by atoms with Gasteiger partial charge >= 0.3 is 6.36 Å². The quantitative estimate of drug-likeness (QED) is 0.848. The lowest BCUT2D eigenvalue weighted by Gasteiger charge is -2.18. The highest BCUT2D eigenvalue weighted by Crippen LogP contribution is 2.29. The predicted octanol–water partition coefficient (Wildman–Crippen LogP) is 1.16. The molecule has 0 bridgehead atoms. The van der Waals surface area contributed by atoms with Gasteiger partial charge < -0.3 is 20.7 Å². The van der Waals surface area contributed by atoms with Crippen LogP contribution in [0.5, 0.6) is 5.75 Å². The monoisotopic (exact) mass is 331 g/mol. The van der Waals surface area contributed by atoms with Crippen LogP contribution in [-0.4, -0.2) is 37.3 Å². The van der Waals surface area contributed by atoms with Crippen LogP contribution in [0.1, 0.15) is 12.8 Å². The number of ether oxygens (including phenoxy) is 1. The van der Waals surface area contributed by atoms with Gasteiger partial charge in [0.1, 0.15) is 11.8 Å². The van der Waals surface area contributed by atoms with Crippen molar-refractivity contribution in [3.63, 3.8) is 0 Å². The number of carbonyl (C=O) groups excluding carboxylic acids is 2. The van der Waals surface area contributed by atoms with Crippen LogP contribution in [0.25, 0.3) is 0 Å². The third kappa shape index (κ3) is 4.59. The van der Waals surface area contributed by atoms with Crippen molar-refractivity contribution in [2.45, 2.75) is 25.2 Å². The summed E-state index contributed by atoms with van der Waals surface area (Å²) in [5.41, 5.74) is 5.55. The average Bonchev–Trinajstić information content (AvgIpc) is 2.79. The first-order valence-electron chi connectivity index (χ1n) is 6.97. The van der Waals surface area contributed by atoms with E-state index in [1.54, 1.807) is 0 Å². The fraction of sp³-hybridized carbons (Fsp3) is 0.429. The van der Waals surface area contributed by atoms with Crippen LogP contribution in [0.3, 0.4) is 0 Å². The minimum Gasteiger partial charge on any atom is -0.406 e.